The number of anilines is 1. The third-order valence-corrected chi connectivity index (χ3v) is 1.95. The molecule has 0 unspecified atom stereocenters. The Morgan fingerprint density at radius 1 is 1.41 bits per heavy atom. The van der Waals surface area contributed by atoms with Crippen LogP contribution in [0, 0.1) is 12.3 Å². The van der Waals surface area contributed by atoms with E-state index >= 15 is 0 Å². The van der Waals surface area contributed by atoms with Crippen LogP contribution in [0.3, 0.4) is 0 Å². The molecule has 92 valence electrons. The molecule has 1 aromatic heterocycles. The topological polar surface area (TPSA) is 54.0 Å². The van der Waals surface area contributed by atoms with Crippen molar-refractivity contribution in [3.05, 3.63) is 36.2 Å². The molecule has 17 heavy (non-hydrogen) atoms. The molecule has 0 saturated carbocycles. The molecule has 1 rings (SSSR count). The van der Waals surface area contributed by atoms with Crippen LogP contribution in [0.15, 0.2) is 30.6 Å². The van der Waals surface area contributed by atoms with Crippen LogP contribution >= 0.6 is 0 Å². The predicted molar refractivity (Wildman–Crippen MR) is 69.7 cm³/mol. The number of amides is 2. The molecule has 2 amide bonds. The summed E-state index contributed by atoms with van der Waals surface area (Å²) in [5, 5.41) is 5.29. The minimum atomic E-state index is -0.288. The first-order valence-electron chi connectivity index (χ1n) is 5.55. The summed E-state index contributed by atoms with van der Waals surface area (Å²) in [6.07, 6.45) is 5.23. The van der Waals surface area contributed by atoms with Gasteiger partial charge in [0, 0.05) is 12.4 Å². The molecule has 0 fully saturated rings. The maximum Gasteiger partial charge on any atom is 0.324 e. The molecular formula is C13H19N3O. The van der Waals surface area contributed by atoms with Crippen LogP contribution in [0.25, 0.3) is 0 Å². The lowest BCUT2D eigenvalue weighted by atomic mass is 9.97. The largest absolute Gasteiger partial charge is 0.324 e. The Kier molecular flexibility index (Phi) is 4.26. The van der Waals surface area contributed by atoms with Crippen LogP contribution in [-0.4, -0.2) is 11.0 Å². The minimum absolute atomic E-state index is 0.0505. The molecule has 0 aliphatic carbocycles. The van der Waals surface area contributed by atoms with E-state index in [2.05, 4.69) is 36.4 Å². The van der Waals surface area contributed by atoms with Crippen molar-refractivity contribution in [1.82, 2.24) is 10.3 Å². The second-order valence-corrected chi connectivity index (χ2v) is 5.02. The Morgan fingerprint density at radius 3 is 2.71 bits per heavy atom. The van der Waals surface area contributed by atoms with Crippen molar-refractivity contribution in [3.8, 4) is 0 Å². The average Bonchev–Trinajstić information content (AvgIpc) is 2.15. The minimum Gasteiger partial charge on any atom is -0.315 e. The fourth-order valence-corrected chi connectivity index (χ4v) is 1.12. The fraction of sp³-hybridized carbons (Fsp3) is 0.385. The highest BCUT2D eigenvalue weighted by Gasteiger charge is 2.04. The fourth-order valence-electron chi connectivity index (χ4n) is 1.12. The number of hydrogen-bond acceptors (Lipinski definition) is 2. The van der Waals surface area contributed by atoms with E-state index in [0.29, 0.717) is 5.82 Å². The van der Waals surface area contributed by atoms with Gasteiger partial charge in [-0.15, -0.1) is 0 Å². The summed E-state index contributed by atoms with van der Waals surface area (Å²) < 4.78 is 0. The van der Waals surface area contributed by atoms with Crippen LogP contribution in [0.2, 0.25) is 0 Å². The molecule has 0 aliphatic heterocycles. The average molecular weight is 233 g/mol. The zero-order valence-corrected chi connectivity index (χ0v) is 10.7. The van der Waals surface area contributed by atoms with Gasteiger partial charge in [-0.25, -0.2) is 9.78 Å². The SMILES string of the molecule is Cc1ccnc(NC(=O)N/C=C/C(C)(C)C)c1. The van der Waals surface area contributed by atoms with Gasteiger partial charge in [0.2, 0.25) is 0 Å². The van der Waals surface area contributed by atoms with Crippen LogP contribution in [0.1, 0.15) is 26.3 Å². The van der Waals surface area contributed by atoms with E-state index in [1.165, 1.54) is 0 Å². The van der Waals surface area contributed by atoms with Crippen LogP contribution in [0.5, 0.6) is 0 Å². The highest BCUT2D eigenvalue weighted by atomic mass is 16.2. The molecule has 2 N–H and O–H groups in total. The van der Waals surface area contributed by atoms with E-state index in [1.807, 2.05) is 25.1 Å². The third kappa shape index (κ3) is 5.70. The summed E-state index contributed by atoms with van der Waals surface area (Å²) in [7, 11) is 0. The van der Waals surface area contributed by atoms with E-state index < -0.39 is 0 Å². The van der Waals surface area contributed by atoms with Crippen LogP contribution in [-0.2, 0) is 0 Å². The molecule has 0 atom stereocenters. The van der Waals surface area contributed by atoms with Gasteiger partial charge in [-0.3, -0.25) is 5.32 Å². The van der Waals surface area contributed by atoms with E-state index in [0.717, 1.165) is 5.56 Å². The lowest BCUT2D eigenvalue weighted by Gasteiger charge is -2.11. The number of pyridine rings is 1. The van der Waals surface area contributed by atoms with E-state index in [-0.39, 0.29) is 11.4 Å². The lowest BCUT2D eigenvalue weighted by molar-refractivity contribution is 0.255. The van der Waals surface area contributed by atoms with Gasteiger partial charge in [-0.05, 0) is 30.0 Å². The van der Waals surface area contributed by atoms with Crippen molar-refractivity contribution in [2.24, 2.45) is 5.41 Å². The van der Waals surface area contributed by atoms with Gasteiger partial charge in [0.25, 0.3) is 0 Å². The smallest absolute Gasteiger partial charge is 0.315 e. The number of nitrogens with zero attached hydrogens (tertiary/aromatic N) is 1. The molecule has 4 heteroatoms. The molecule has 0 saturated heterocycles. The van der Waals surface area contributed by atoms with Crippen molar-refractivity contribution in [2.75, 3.05) is 5.32 Å². The van der Waals surface area contributed by atoms with E-state index in [1.54, 1.807) is 12.4 Å². The Labute approximate surface area is 102 Å². The molecule has 0 aliphatic rings. The maximum absolute atomic E-state index is 11.5. The number of nitrogens with one attached hydrogen (secondary N) is 2. The first-order valence-corrected chi connectivity index (χ1v) is 5.55. The van der Waals surface area contributed by atoms with Gasteiger partial charge in [0.15, 0.2) is 0 Å². The van der Waals surface area contributed by atoms with E-state index in [9.17, 15) is 4.79 Å². The molecule has 0 spiro atoms. The second kappa shape index (κ2) is 5.48. The summed E-state index contributed by atoms with van der Waals surface area (Å²) in [5.74, 6) is 0.548. The van der Waals surface area contributed by atoms with Crippen LogP contribution in [0.4, 0.5) is 10.6 Å². The Morgan fingerprint density at radius 2 is 2.12 bits per heavy atom. The number of carbonyl (C=O) groups excluding carboxylic acids is 1. The Hall–Kier alpha value is -1.84. The molecule has 0 bridgehead atoms. The molecule has 1 aromatic rings. The first-order chi connectivity index (χ1) is 7.87. The van der Waals surface area contributed by atoms with Gasteiger partial charge in [-0.2, -0.15) is 0 Å². The molecule has 0 aromatic carbocycles. The predicted octanol–water partition coefficient (Wildman–Crippen LogP) is 3.07. The highest BCUT2D eigenvalue weighted by molar-refractivity contribution is 5.88. The zero-order valence-electron chi connectivity index (χ0n) is 10.7. The van der Waals surface area contributed by atoms with Gasteiger partial charge in [0.1, 0.15) is 5.82 Å². The Balaban J connectivity index is 2.48. The van der Waals surface area contributed by atoms with Crippen molar-refractivity contribution < 1.29 is 4.79 Å². The second-order valence-electron chi connectivity index (χ2n) is 5.02. The Bertz CT molecular complexity index is 419. The monoisotopic (exact) mass is 233 g/mol. The number of carbonyl (C=O) groups is 1. The molecule has 1 heterocycles. The summed E-state index contributed by atoms with van der Waals surface area (Å²) in [6, 6.07) is 3.40. The van der Waals surface area contributed by atoms with Crippen molar-refractivity contribution in [3.63, 3.8) is 0 Å². The number of hydrogen-bond donors (Lipinski definition) is 2. The van der Waals surface area contributed by atoms with Gasteiger partial charge < -0.3 is 5.32 Å². The standard InChI is InChI=1S/C13H19N3O/c1-10-5-7-14-11(9-10)16-12(17)15-8-6-13(2,3)4/h5-9H,1-4H3,(H2,14,15,16,17)/b8-6+. The zero-order chi connectivity index (χ0) is 12.9. The molecule has 4 nitrogen and oxygen atoms in total. The number of urea groups is 1. The maximum atomic E-state index is 11.5. The number of allylic oxidation sites excluding steroid dienone is 1. The van der Waals surface area contributed by atoms with Crippen molar-refractivity contribution in [1.29, 1.82) is 0 Å². The summed E-state index contributed by atoms with van der Waals surface area (Å²) in [5.41, 5.74) is 1.11. The van der Waals surface area contributed by atoms with Crippen molar-refractivity contribution >= 4 is 11.8 Å². The van der Waals surface area contributed by atoms with E-state index in [4.69, 9.17) is 0 Å². The van der Waals surface area contributed by atoms with Crippen LogP contribution < -0.4 is 10.6 Å². The highest BCUT2D eigenvalue weighted by Crippen LogP contribution is 2.13. The number of rotatable bonds is 2. The summed E-state index contributed by atoms with van der Waals surface area (Å²) >= 11 is 0. The molecule has 0 radical (unpaired) electrons. The van der Waals surface area contributed by atoms with Gasteiger partial charge in [-0.1, -0.05) is 26.8 Å². The third-order valence-electron chi connectivity index (χ3n) is 1.95. The van der Waals surface area contributed by atoms with Gasteiger partial charge in [0.05, 0.1) is 0 Å². The first kappa shape index (κ1) is 13.2. The lowest BCUT2D eigenvalue weighted by Crippen LogP contribution is -2.24. The quantitative estimate of drug-likeness (QED) is 0.824. The normalized spacial score (nSPS) is 11.5. The van der Waals surface area contributed by atoms with Gasteiger partial charge >= 0.3 is 6.03 Å². The number of aromatic nitrogens is 1. The number of aryl methyl sites for hydroxylation is 1. The summed E-state index contributed by atoms with van der Waals surface area (Å²) in [4.78, 5) is 15.5. The summed E-state index contributed by atoms with van der Waals surface area (Å²) in [6.45, 7) is 8.13. The molecular weight excluding hydrogens is 214 g/mol. The van der Waals surface area contributed by atoms with Crippen molar-refractivity contribution in [2.45, 2.75) is 27.7 Å².